The van der Waals surface area contributed by atoms with E-state index in [0.29, 0.717) is 6.54 Å². The van der Waals surface area contributed by atoms with E-state index in [4.69, 9.17) is 0 Å². The Bertz CT molecular complexity index is 461. The highest BCUT2D eigenvalue weighted by Crippen LogP contribution is 2.26. The van der Waals surface area contributed by atoms with Gasteiger partial charge >= 0.3 is 6.18 Å². The van der Waals surface area contributed by atoms with Gasteiger partial charge in [-0.05, 0) is 44.0 Å². The van der Waals surface area contributed by atoms with Gasteiger partial charge in [-0.15, -0.1) is 0 Å². The summed E-state index contributed by atoms with van der Waals surface area (Å²) in [6.45, 7) is 2.08. The van der Waals surface area contributed by atoms with Gasteiger partial charge < -0.3 is 9.88 Å². The Morgan fingerprint density at radius 3 is 2.61 bits per heavy atom. The third kappa shape index (κ3) is 2.93. The summed E-state index contributed by atoms with van der Waals surface area (Å²) in [6.07, 6.45) is -1.36. The van der Waals surface area contributed by atoms with Crippen LogP contribution in [0.15, 0.2) is 23.1 Å². The number of rotatable bonds is 2. The first-order chi connectivity index (χ1) is 8.48. The van der Waals surface area contributed by atoms with E-state index in [0.717, 1.165) is 32.0 Å². The number of aromatic nitrogens is 1. The topological polar surface area (TPSA) is 34.0 Å². The summed E-state index contributed by atoms with van der Waals surface area (Å²) in [7, 11) is 0. The van der Waals surface area contributed by atoms with Crippen LogP contribution in [0, 0.1) is 5.92 Å². The van der Waals surface area contributed by atoms with Crippen molar-refractivity contribution in [2.75, 3.05) is 13.1 Å². The molecule has 18 heavy (non-hydrogen) atoms. The van der Waals surface area contributed by atoms with Crippen LogP contribution < -0.4 is 10.9 Å². The Morgan fingerprint density at radius 1 is 1.33 bits per heavy atom. The summed E-state index contributed by atoms with van der Waals surface area (Å²) >= 11 is 0. The Kier molecular flexibility index (Phi) is 3.75. The number of piperidine rings is 1. The number of hydrogen-bond donors (Lipinski definition) is 1. The van der Waals surface area contributed by atoms with Gasteiger partial charge in [-0.3, -0.25) is 4.79 Å². The van der Waals surface area contributed by atoms with Gasteiger partial charge in [0, 0.05) is 12.7 Å². The fraction of sp³-hybridized carbons (Fsp3) is 0.583. The standard InChI is InChI=1S/C12H15F3N2O/c13-12(14,15)10-2-1-7-17(11(10)18)8-9-3-5-16-6-4-9/h1-2,7,9,16H,3-6,8H2. The molecule has 100 valence electrons. The van der Waals surface area contributed by atoms with Gasteiger partial charge in [0.1, 0.15) is 5.56 Å². The van der Waals surface area contributed by atoms with Crippen LogP contribution in [0.3, 0.4) is 0 Å². The molecule has 0 amide bonds. The van der Waals surface area contributed by atoms with Crippen LogP contribution in [0.25, 0.3) is 0 Å². The first-order valence-electron chi connectivity index (χ1n) is 5.96. The molecule has 0 radical (unpaired) electrons. The van der Waals surface area contributed by atoms with E-state index in [2.05, 4.69) is 5.32 Å². The van der Waals surface area contributed by atoms with Crippen molar-refractivity contribution < 1.29 is 13.2 Å². The average Bonchev–Trinajstić information content (AvgIpc) is 2.32. The third-order valence-corrected chi connectivity index (χ3v) is 3.24. The molecule has 1 aliphatic heterocycles. The second-order valence-corrected chi connectivity index (χ2v) is 4.57. The smallest absolute Gasteiger partial charge is 0.317 e. The number of pyridine rings is 1. The molecule has 6 heteroatoms. The monoisotopic (exact) mass is 260 g/mol. The second-order valence-electron chi connectivity index (χ2n) is 4.57. The lowest BCUT2D eigenvalue weighted by molar-refractivity contribution is -0.139. The summed E-state index contributed by atoms with van der Waals surface area (Å²) in [5.41, 5.74) is -2.03. The molecule has 1 aromatic rings. The van der Waals surface area contributed by atoms with E-state index in [9.17, 15) is 18.0 Å². The molecule has 0 saturated carbocycles. The zero-order valence-corrected chi connectivity index (χ0v) is 9.83. The van der Waals surface area contributed by atoms with E-state index in [1.165, 1.54) is 16.8 Å². The van der Waals surface area contributed by atoms with Crippen molar-refractivity contribution >= 4 is 0 Å². The van der Waals surface area contributed by atoms with Gasteiger partial charge in [-0.1, -0.05) is 0 Å². The second kappa shape index (κ2) is 5.14. The minimum atomic E-state index is -4.58. The maximum Gasteiger partial charge on any atom is 0.421 e. The van der Waals surface area contributed by atoms with Gasteiger partial charge in [-0.2, -0.15) is 13.2 Å². The molecule has 0 bridgehead atoms. The molecule has 3 nitrogen and oxygen atoms in total. The number of nitrogens with one attached hydrogen (secondary N) is 1. The van der Waals surface area contributed by atoms with Gasteiger partial charge in [0.15, 0.2) is 0 Å². The van der Waals surface area contributed by atoms with Crippen molar-refractivity contribution in [3.05, 3.63) is 34.2 Å². The first kappa shape index (κ1) is 13.1. The normalized spacial score (nSPS) is 17.9. The highest BCUT2D eigenvalue weighted by molar-refractivity contribution is 5.14. The molecule has 1 fully saturated rings. The lowest BCUT2D eigenvalue weighted by Crippen LogP contribution is -2.34. The largest absolute Gasteiger partial charge is 0.421 e. The van der Waals surface area contributed by atoms with Crippen LogP contribution in [0.1, 0.15) is 18.4 Å². The van der Waals surface area contributed by atoms with Gasteiger partial charge in [-0.25, -0.2) is 0 Å². The fourth-order valence-corrected chi connectivity index (χ4v) is 2.24. The summed E-state index contributed by atoms with van der Waals surface area (Å²) in [5.74, 6) is 0.271. The minimum Gasteiger partial charge on any atom is -0.317 e. The molecular formula is C12H15F3N2O. The minimum absolute atomic E-state index is 0.271. The fourth-order valence-electron chi connectivity index (χ4n) is 2.24. The van der Waals surface area contributed by atoms with Crippen molar-refractivity contribution in [3.63, 3.8) is 0 Å². The van der Waals surface area contributed by atoms with Crippen LogP contribution in [0.2, 0.25) is 0 Å². The molecule has 1 N–H and O–H groups in total. The Labute approximate surface area is 103 Å². The first-order valence-corrected chi connectivity index (χ1v) is 5.96. The van der Waals surface area contributed by atoms with Crippen molar-refractivity contribution in [2.45, 2.75) is 25.6 Å². The lowest BCUT2D eigenvalue weighted by Gasteiger charge is -2.23. The quantitative estimate of drug-likeness (QED) is 0.880. The zero-order valence-electron chi connectivity index (χ0n) is 9.83. The number of hydrogen-bond acceptors (Lipinski definition) is 2. The summed E-state index contributed by atoms with van der Waals surface area (Å²) in [6, 6.07) is 2.12. The molecule has 0 unspecified atom stereocenters. The maximum absolute atomic E-state index is 12.6. The predicted octanol–water partition coefficient (Wildman–Crippen LogP) is 1.87. The Balaban J connectivity index is 2.21. The van der Waals surface area contributed by atoms with E-state index < -0.39 is 17.3 Å². The predicted molar refractivity (Wildman–Crippen MR) is 61.3 cm³/mol. The number of alkyl halides is 3. The molecule has 0 spiro atoms. The van der Waals surface area contributed by atoms with Crippen molar-refractivity contribution in [2.24, 2.45) is 5.92 Å². The van der Waals surface area contributed by atoms with Crippen molar-refractivity contribution in [1.29, 1.82) is 0 Å². The van der Waals surface area contributed by atoms with E-state index in [1.54, 1.807) is 0 Å². The Hall–Kier alpha value is -1.30. The molecule has 0 aromatic carbocycles. The molecule has 2 heterocycles. The van der Waals surface area contributed by atoms with E-state index in [1.807, 2.05) is 0 Å². The van der Waals surface area contributed by atoms with E-state index >= 15 is 0 Å². The lowest BCUT2D eigenvalue weighted by atomic mass is 9.98. The van der Waals surface area contributed by atoms with Crippen LogP contribution >= 0.6 is 0 Å². The van der Waals surface area contributed by atoms with Gasteiger partial charge in [0.25, 0.3) is 5.56 Å². The highest BCUT2D eigenvalue weighted by atomic mass is 19.4. The van der Waals surface area contributed by atoms with Gasteiger partial charge in [0.2, 0.25) is 0 Å². The number of halogens is 3. The van der Waals surface area contributed by atoms with Crippen LogP contribution in [0.4, 0.5) is 13.2 Å². The molecule has 1 aliphatic rings. The number of nitrogens with zero attached hydrogens (tertiary/aromatic N) is 1. The average molecular weight is 260 g/mol. The third-order valence-electron chi connectivity index (χ3n) is 3.24. The molecule has 0 atom stereocenters. The molecule has 1 saturated heterocycles. The van der Waals surface area contributed by atoms with Crippen LogP contribution in [-0.2, 0) is 12.7 Å². The molecular weight excluding hydrogens is 245 g/mol. The van der Waals surface area contributed by atoms with Crippen LogP contribution in [0.5, 0.6) is 0 Å². The van der Waals surface area contributed by atoms with E-state index in [-0.39, 0.29) is 5.92 Å². The highest BCUT2D eigenvalue weighted by Gasteiger charge is 2.34. The van der Waals surface area contributed by atoms with Crippen LogP contribution in [-0.4, -0.2) is 17.7 Å². The van der Waals surface area contributed by atoms with Crippen molar-refractivity contribution in [1.82, 2.24) is 9.88 Å². The molecule has 0 aliphatic carbocycles. The van der Waals surface area contributed by atoms with Crippen molar-refractivity contribution in [3.8, 4) is 0 Å². The maximum atomic E-state index is 12.6. The zero-order chi connectivity index (χ0) is 13.2. The summed E-state index contributed by atoms with van der Waals surface area (Å²) < 4.78 is 38.9. The summed E-state index contributed by atoms with van der Waals surface area (Å²) in [4.78, 5) is 11.7. The molecule has 1 aromatic heterocycles. The SMILES string of the molecule is O=c1c(C(F)(F)F)cccn1CC1CCNCC1. The van der Waals surface area contributed by atoms with Gasteiger partial charge in [0.05, 0.1) is 0 Å². The molecule has 2 rings (SSSR count). The summed E-state index contributed by atoms with van der Waals surface area (Å²) in [5, 5.41) is 3.18. The Morgan fingerprint density at radius 2 is 2.00 bits per heavy atom.